The first-order valence-electron chi connectivity index (χ1n) is 5.90. The number of benzene rings is 1. The lowest BCUT2D eigenvalue weighted by molar-refractivity contribution is 0.603. The fourth-order valence-corrected chi connectivity index (χ4v) is 4.12. The van der Waals surface area contributed by atoms with E-state index in [1.165, 1.54) is 11.3 Å². The second-order valence-electron chi connectivity index (χ2n) is 4.25. The first kappa shape index (κ1) is 13.9. The van der Waals surface area contributed by atoms with Crippen LogP contribution in [0, 0.1) is 6.92 Å². The lowest BCUT2D eigenvalue weighted by Gasteiger charge is -2.09. The van der Waals surface area contributed by atoms with E-state index in [0.717, 1.165) is 16.9 Å². The zero-order valence-corrected chi connectivity index (χ0v) is 12.4. The Morgan fingerprint density at radius 1 is 1.26 bits per heavy atom. The number of hydrogen-bond donors (Lipinski definition) is 2. The van der Waals surface area contributed by atoms with Gasteiger partial charge in [0.2, 0.25) is 0 Å². The molecule has 1 heterocycles. The number of nitrogen functional groups attached to an aromatic ring is 1. The van der Waals surface area contributed by atoms with E-state index < -0.39 is 10.0 Å². The Morgan fingerprint density at radius 2 is 2.00 bits per heavy atom. The van der Waals surface area contributed by atoms with Gasteiger partial charge in [-0.15, -0.1) is 11.3 Å². The minimum absolute atomic E-state index is 0.334. The summed E-state index contributed by atoms with van der Waals surface area (Å²) in [6, 6.07) is 8.57. The molecule has 102 valence electrons. The summed E-state index contributed by atoms with van der Waals surface area (Å²) in [5, 5.41) is 0. The Labute approximate surface area is 117 Å². The van der Waals surface area contributed by atoms with Crippen LogP contribution < -0.4 is 10.5 Å². The molecule has 0 spiro atoms. The van der Waals surface area contributed by atoms with E-state index in [9.17, 15) is 8.42 Å². The molecule has 0 aliphatic rings. The summed E-state index contributed by atoms with van der Waals surface area (Å²) in [4.78, 5) is 1.05. The molecule has 19 heavy (non-hydrogen) atoms. The number of rotatable bonds is 4. The lowest BCUT2D eigenvalue weighted by Crippen LogP contribution is -2.12. The van der Waals surface area contributed by atoms with Gasteiger partial charge in [-0.3, -0.25) is 4.72 Å². The van der Waals surface area contributed by atoms with Crippen molar-refractivity contribution < 1.29 is 8.42 Å². The van der Waals surface area contributed by atoms with Crippen LogP contribution in [-0.4, -0.2) is 8.42 Å². The van der Waals surface area contributed by atoms with Crippen molar-refractivity contribution in [3.05, 3.63) is 40.8 Å². The van der Waals surface area contributed by atoms with E-state index in [0.29, 0.717) is 15.6 Å². The first-order chi connectivity index (χ1) is 8.92. The average Bonchev–Trinajstić information content (AvgIpc) is 2.82. The smallest absolute Gasteiger partial charge is 0.271 e. The molecule has 1 aromatic heterocycles. The van der Waals surface area contributed by atoms with Crippen molar-refractivity contribution in [1.29, 1.82) is 0 Å². The van der Waals surface area contributed by atoms with Crippen molar-refractivity contribution >= 4 is 32.7 Å². The van der Waals surface area contributed by atoms with Crippen molar-refractivity contribution in [2.24, 2.45) is 0 Å². The van der Waals surface area contributed by atoms with Crippen LogP contribution in [-0.2, 0) is 16.4 Å². The van der Waals surface area contributed by atoms with Gasteiger partial charge in [0.1, 0.15) is 4.21 Å². The number of thiophene rings is 1. The summed E-state index contributed by atoms with van der Waals surface area (Å²) < 4.78 is 27.4. The molecule has 0 fully saturated rings. The predicted octanol–water partition coefficient (Wildman–Crippen LogP) is 3.00. The van der Waals surface area contributed by atoms with E-state index in [1.807, 2.05) is 19.9 Å². The van der Waals surface area contributed by atoms with Crippen molar-refractivity contribution in [3.63, 3.8) is 0 Å². The topological polar surface area (TPSA) is 72.2 Å². The molecule has 2 rings (SSSR count). The summed E-state index contributed by atoms with van der Waals surface area (Å²) in [5.41, 5.74) is 7.62. The van der Waals surface area contributed by atoms with Gasteiger partial charge in [-0.1, -0.05) is 6.92 Å². The van der Waals surface area contributed by atoms with Crippen LogP contribution in [0.15, 0.2) is 34.5 Å². The SMILES string of the molecule is CCc1ccc(S(=O)(=O)Nc2ccc(N)cc2C)s1. The Hall–Kier alpha value is -1.53. The number of anilines is 2. The van der Waals surface area contributed by atoms with Crippen LogP contribution in [0.1, 0.15) is 17.4 Å². The summed E-state index contributed by atoms with van der Waals surface area (Å²) in [6.07, 6.45) is 0.834. The van der Waals surface area contributed by atoms with Gasteiger partial charge in [-0.2, -0.15) is 0 Å². The highest BCUT2D eigenvalue weighted by molar-refractivity contribution is 7.94. The van der Waals surface area contributed by atoms with E-state index in [4.69, 9.17) is 5.73 Å². The second kappa shape index (κ2) is 5.22. The Kier molecular flexibility index (Phi) is 3.82. The number of nitrogens with one attached hydrogen (secondary N) is 1. The fraction of sp³-hybridized carbons (Fsp3) is 0.231. The number of nitrogens with two attached hydrogens (primary N) is 1. The maximum atomic E-state index is 12.2. The molecule has 0 aliphatic heterocycles. The Morgan fingerprint density at radius 3 is 2.58 bits per heavy atom. The molecule has 6 heteroatoms. The van der Waals surface area contributed by atoms with Crippen LogP contribution in [0.2, 0.25) is 0 Å². The second-order valence-corrected chi connectivity index (χ2v) is 7.33. The summed E-state index contributed by atoms with van der Waals surface area (Å²) in [6.45, 7) is 3.82. The summed E-state index contributed by atoms with van der Waals surface area (Å²) >= 11 is 1.29. The molecule has 1 aromatic carbocycles. The molecule has 0 bridgehead atoms. The fourth-order valence-electron chi connectivity index (χ4n) is 1.69. The van der Waals surface area contributed by atoms with Gasteiger partial charge >= 0.3 is 0 Å². The number of sulfonamides is 1. The highest BCUT2D eigenvalue weighted by Gasteiger charge is 2.17. The van der Waals surface area contributed by atoms with Gasteiger partial charge in [0.15, 0.2) is 0 Å². The van der Waals surface area contributed by atoms with Crippen LogP contribution in [0.4, 0.5) is 11.4 Å². The molecule has 0 unspecified atom stereocenters. The Bertz CT molecular complexity index is 690. The zero-order chi connectivity index (χ0) is 14.0. The molecule has 0 radical (unpaired) electrons. The van der Waals surface area contributed by atoms with Crippen LogP contribution >= 0.6 is 11.3 Å². The molecule has 0 saturated carbocycles. The lowest BCUT2D eigenvalue weighted by atomic mass is 10.2. The van der Waals surface area contributed by atoms with Gasteiger partial charge in [0.05, 0.1) is 5.69 Å². The normalized spacial score (nSPS) is 11.5. The van der Waals surface area contributed by atoms with Crippen LogP contribution in [0.25, 0.3) is 0 Å². The van der Waals surface area contributed by atoms with E-state index in [1.54, 1.807) is 24.3 Å². The van der Waals surface area contributed by atoms with E-state index in [2.05, 4.69) is 4.72 Å². The predicted molar refractivity (Wildman–Crippen MR) is 80.1 cm³/mol. The van der Waals surface area contributed by atoms with E-state index in [-0.39, 0.29) is 0 Å². The molecular weight excluding hydrogens is 280 g/mol. The van der Waals surface area contributed by atoms with Crippen molar-refractivity contribution in [1.82, 2.24) is 0 Å². The van der Waals surface area contributed by atoms with E-state index >= 15 is 0 Å². The van der Waals surface area contributed by atoms with Crippen molar-refractivity contribution in [2.45, 2.75) is 24.5 Å². The van der Waals surface area contributed by atoms with Gasteiger partial charge in [0, 0.05) is 10.6 Å². The quantitative estimate of drug-likeness (QED) is 0.852. The average molecular weight is 296 g/mol. The van der Waals surface area contributed by atoms with Crippen molar-refractivity contribution in [2.75, 3.05) is 10.5 Å². The van der Waals surface area contributed by atoms with Gasteiger partial charge in [-0.25, -0.2) is 8.42 Å². The molecule has 4 nitrogen and oxygen atoms in total. The highest BCUT2D eigenvalue weighted by Crippen LogP contribution is 2.26. The molecular formula is C13H16N2O2S2. The molecule has 3 N–H and O–H groups in total. The first-order valence-corrected chi connectivity index (χ1v) is 8.20. The van der Waals surface area contributed by atoms with Gasteiger partial charge in [-0.05, 0) is 49.2 Å². The van der Waals surface area contributed by atoms with Crippen LogP contribution in [0.5, 0.6) is 0 Å². The minimum atomic E-state index is -3.51. The largest absolute Gasteiger partial charge is 0.399 e. The van der Waals surface area contributed by atoms with Gasteiger partial charge < -0.3 is 5.73 Å². The molecule has 0 atom stereocenters. The number of hydrogen-bond acceptors (Lipinski definition) is 4. The summed E-state index contributed by atoms with van der Waals surface area (Å²) in [5.74, 6) is 0. The highest BCUT2D eigenvalue weighted by atomic mass is 32.2. The third kappa shape index (κ3) is 3.08. The third-order valence-corrected chi connectivity index (χ3v) is 5.83. The monoisotopic (exact) mass is 296 g/mol. The summed E-state index contributed by atoms with van der Waals surface area (Å²) in [7, 11) is -3.51. The van der Waals surface area contributed by atoms with Crippen LogP contribution in [0.3, 0.4) is 0 Å². The number of aryl methyl sites for hydroxylation is 2. The maximum Gasteiger partial charge on any atom is 0.271 e. The zero-order valence-electron chi connectivity index (χ0n) is 10.8. The molecule has 2 aromatic rings. The van der Waals surface area contributed by atoms with Crippen molar-refractivity contribution in [3.8, 4) is 0 Å². The molecule has 0 saturated heterocycles. The third-order valence-electron chi connectivity index (χ3n) is 2.75. The molecule has 0 amide bonds. The molecule has 0 aliphatic carbocycles. The Balaban J connectivity index is 2.30. The standard InChI is InChI=1S/C13H16N2O2S2/c1-3-11-5-7-13(18-11)19(16,17)15-12-6-4-10(14)8-9(12)2/h4-8,15H,3,14H2,1-2H3. The minimum Gasteiger partial charge on any atom is -0.399 e. The van der Waals surface area contributed by atoms with Gasteiger partial charge in [0.25, 0.3) is 10.0 Å². The maximum absolute atomic E-state index is 12.2.